The molecule has 4 nitrogen and oxygen atoms in total. The summed E-state index contributed by atoms with van der Waals surface area (Å²) in [4.78, 5) is 13.7. The lowest BCUT2D eigenvalue weighted by molar-refractivity contribution is -0.215. The summed E-state index contributed by atoms with van der Waals surface area (Å²) in [5, 5.41) is 0. The maximum Gasteiger partial charge on any atom is 0.491 e. The van der Waals surface area contributed by atoms with Gasteiger partial charge in [-0.15, -0.1) is 0 Å². The quantitative estimate of drug-likeness (QED) is 0.574. The van der Waals surface area contributed by atoms with Crippen molar-refractivity contribution in [3.8, 4) is 0 Å². The van der Waals surface area contributed by atoms with Gasteiger partial charge in [-0.25, -0.2) is 9.18 Å². The third kappa shape index (κ3) is 4.19. The molecule has 2 rings (SSSR count). The van der Waals surface area contributed by atoms with E-state index in [1.54, 1.807) is 0 Å². The zero-order chi connectivity index (χ0) is 19.9. The Morgan fingerprint density at radius 3 is 2.31 bits per heavy atom. The Balaban J connectivity index is 2.46. The second-order valence-electron chi connectivity index (χ2n) is 6.12. The van der Waals surface area contributed by atoms with Gasteiger partial charge in [0.25, 0.3) is 0 Å². The lowest BCUT2D eigenvalue weighted by Gasteiger charge is -2.48. The summed E-state index contributed by atoms with van der Waals surface area (Å²) in [6, 6.07) is 1.58. The highest BCUT2D eigenvalue weighted by Gasteiger charge is 2.49. The fraction of sp³-hybridized carbons (Fsp3) is 0.533. The van der Waals surface area contributed by atoms with Gasteiger partial charge in [0.2, 0.25) is 0 Å². The minimum atomic E-state index is -5.29. The normalized spacial score (nSPS) is 22.4. The number of likely N-dealkylation sites (N-methyl/N-ethyl adjacent to an activating group) is 1. The molecule has 1 saturated heterocycles. The van der Waals surface area contributed by atoms with Crippen LogP contribution in [0, 0.1) is 5.82 Å². The number of esters is 1. The molecular weight excluding hydrogens is 373 g/mol. The third-order valence-corrected chi connectivity index (χ3v) is 3.95. The summed E-state index contributed by atoms with van der Waals surface area (Å²) < 4.78 is 95.1. The molecule has 11 heteroatoms. The number of carbonyl (C=O) groups excluding carboxylic acids is 1. The third-order valence-electron chi connectivity index (χ3n) is 3.95. The Bertz CT molecular complexity index is 690. The summed E-state index contributed by atoms with van der Waals surface area (Å²) in [6.45, 7) is 0.904. The van der Waals surface area contributed by atoms with Crippen LogP contribution in [-0.4, -0.2) is 49.5 Å². The van der Waals surface area contributed by atoms with Crippen LogP contribution in [0.25, 0.3) is 0 Å². The van der Waals surface area contributed by atoms with Crippen LogP contribution in [0.15, 0.2) is 18.2 Å². The van der Waals surface area contributed by atoms with Crippen LogP contribution in [0.2, 0.25) is 0 Å². The number of alkyl halides is 6. The van der Waals surface area contributed by atoms with Gasteiger partial charge in [0.1, 0.15) is 5.82 Å². The fourth-order valence-electron chi connectivity index (χ4n) is 2.79. The summed E-state index contributed by atoms with van der Waals surface area (Å²) in [5.74, 6) is -3.58. The first-order valence-electron chi connectivity index (χ1n) is 7.37. The summed E-state index contributed by atoms with van der Waals surface area (Å²) >= 11 is 0. The molecule has 1 fully saturated rings. The summed E-state index contributed by atoms with van der Waals surface area (Å²) in [6.07, 6.45) is -10.1. The number of rotatable bonds is 2. The molecule has 0 unspecified atom stereocenters. The molecule has 0 bridgehead atoms. The predicted octanol–water partition coefficient (Wildman–Crippen LogP) is 3.42. The van der Waals surface area contributed by atoms with E-state index in [1.165, 1.54) is 11.9 Å². The van der Waals surface area contributed by atoms with Crippen LogP contribution in [0.3, 0.4) is 0 Å². The SMILES string of the molecule is CN1CCN(c2cc(C(F)(F)F)ccc2F)[C@@](C)(OC(=O)C(F)(F)F)C1. The number of carbonyl (C=O) groups is 1. The standard InChI is InChI=1S/C15H15F7N2O2/c1-13(26-12(25)15(20,21)22)8-23(2)5-6-24(13)11-7-9(14(17,18)19)3-4-10(11)16/h3-4,7H,5-6,8H2,1-2H3/t13-/m0/s1. The van der Waals surface area contributed by atoms with Crippen molar-refractivity contribution in [2.75, 3.05) is 31.6 Å². The number of ether oxygens (including phenoxy) is 1. The van der Waals surface area contributed by atoms with Gasteiger partial charge in [0.05, 0.1) is 17.8 Å². The predicted molar refractivity (Wildman–Crippen MR) is 76.8 cm³/mol. The molecule has 1 atom stereocenters. The average Bonchev–Trinajstić information content (AvgIpc) is 2.45. The first kappa shape index (κ1) is 20.3. The van der Waals surface area contributed by atoms with Crippen molar-refractivity contribution in [1.82, 2.24) is 4.90 Å². The van der Waals surface area contributed by atoms with Gasteiger partial charge in [0.15, 0.2) is 5.72 Å². The van der Waals surface area contributed by atoms with Crippen molar-refractivity contribution in [3.63, 3.8) is 0 Å². The molecule has 1 aliphatic rings. The summed E-state index contributed by atoms with van der Waals surface area (Å²) in [7, 11) is 1.53. The molecule has 0 spiro atoms. The van der Waals surface area contributed by atoms with Gasteiger partial charge in [-0.05, 0) is 32.2 Å². The lowest BCUT2D eigenvalue weighted by atomic mass is 10.1. The lowest BCUT2D eigenvalue weighted by Crippen LogP contribution is -2.63. The maximum atomic E-state index is 14.2. The largest absolute Gasteiger partial charge is 0.491 e. The van der Waals surface area contributed by atoms with Crippen molar-refractivity contribution in [2.45, 2.75) is 25.0 Å². The Morgan fingerprint density at radius 2 is 1.77 bits per heavy atom. The number of hydrogen-bond acceptors (Lipinski definition) is 4. The number of benzene rings is 1. The Hall–Kier alpha value is -2.04. The van der Waals surface area contributed by atoms with Crippen LogP contribution in [0.4, 0.5) is 36.4 Å². The highest BCUT2D eigenvalue weighted by molar-refractivity contribution is 5.76. The molecule has 0 aliphatic carbocycles. The van der Waals surface area contributed by atoms with Crippen LogP contribution >= 0.6 is 0 Å². The second kappa shape index (κ2) is 6.60. The van der Waals surface area contributed by atoms with E-state index < -0.39 is 41.1 Å². The van der Waals surface area contributed by atoms with Crippen molar-refractivity contribution in [2.24, 2.45) is 0 Å². The second-order valence-corrected chi connectivity index (χ2v) is 6.12. The molecule has 0 aromatic heterocycles. The van der Waals surface area contributed by atoms with Crippen LogP contribution in [0.1, 0.15) is 12.5 Å². The van der Waals surface area contributed by atoms with Crippen molar-refractivity contribution >= 4 is 11.7 Å². The van der Waals surface area contributed by atoms with E-state index in [0.29, 0.717) is 18.2 Å². The molecule has 0 radical (unpaired) electrons. The Morgan fingerprint density at radius 1 is 1.15 bits per heavy atom. The molecule has 1 aromatic carbocycles. The van der Waals surface area contributed by atoms with Gasteiger partial charge < -0.3 is 9.64 Å². The van der Waals surface area contributed by atoms with E-state index in [0.717, 1.165) is 11.8 Å². The zero-order valence-electron chi connectivity index (χ0n) is 13.7. The number of anilines is 1. The van der Waals surface area contributed by atoms with Gasteiger partial charge in [-0.1, -0.05) is 0 Å². The Labute approximate surface area is 144 Å². The van der Waals surface area contributed by atoms with Gasteiger partial charge in [0, 0.05) is 13.1 Å². The minimum Gasteiger partial charge on any atom is -0.431 e. The maximum absolute atomic E-state index is 14.2. The first-order chi connectivity index (χ1) is 11.7. The monoisotopic (exact) mass is 388 g/mol. The van der Waals surface area contributed by atoms with E-state index in [9.17, 15) is 35.5 Å². The van der Waals surface area contributed by atoms with E-state index in [1.807, 2.05) is 0 Å². The van der Waals surface area contributed by atoms with Crippen LogP contribution in [-0.2, 0) is 15.7 Å². The molecule has 1 aliphatic heterocycles. The molecule has 1 heterocycles. The van der Waals surface area contributed by atoms with Crippen molar-refractivity contribution in [1.29, 1.82) is 0 Å². The summed E-state index contributed by atoms with van der Waals surface area (Å²) in [5.41, 5.74) is -3.77. The highest BCUT2D eigenvalue weighted by atomic mass is 19.4. The first-order valence-corrected chi connectivity index (χ1v) is 7.37. The van der Waals surface area contributed by atoms with E-state index in [-0.39, 0.29) is 19.6 Å². The fourth-order valence-corrected chi connectivity index (χ4v) is 2.79. The zero-order valence-corrected chi connectivity index (χ0v) is 13.7. The number of nitrogens with zero attached hydrogens (tertiary/aromatic N) is 2. The van der Waals surface area contributed by atoms with Crippen LogP contribution < -0.4 is 4.90 Å². The minimum absolute atomic E-state index is 0.142. The molecule has 0 N–H and O–H groups in total. The van der Waals surface area contributed by atoms with E-state index in [4.69, 9.17) is 0 Å². The number of hydrogen-bond donors (Lipinski definition) is 0. The molecule has 1 aromatic rings. The van der Waals surface area contributed by atoms with Crippen LogP contribution in [0.5, 0.6) is 0 Å². The van der Waals surface area contributed by atoms with E-state index >= 15 is 0 Å². The van der Waals surface area contributed by atoms with Gasteiger partial charge in [-0.2, -0.15) is 26.3 Å². The Kier molecular flexibility index (Phi) is 5.15. The molecule has 0 amide bonds. The van der Waals surface area contributed by atoms with E-state index in [2.05, 4.69) is 4.74 Å². The highest BCUT2D eigenvalue weighted by Crippen LogP contribution is 2.37. The molecular formula is C15H15F7N2O2. The van der Waals surface area contributed by atoms with Crippen molar-refractivity contribution < 1.29 is 40.3 Å². The number of halogens is 7. The molecule has 146 valence electrons. The average molecular weight is 388 g/mol. The number of piperazine rings is 1. The molecule has 0 saturated carbocycles. The van der Waals surface area contributed by atoms with Gasteiger partial charge in [-0.3, -0.25) is 4.90 Å². The van der Waals surface area contributed by atoms with Crippen molar-refractivity contribution in [3.05, 3.63) is 29.6 Å². The topological polar surface area (TPSA) is 32.8 Å². The smallest absolute Gasteiger partial charge is 0.431 e. The van der Waals surface area contributed by atoms with Gasteiger partial charge >= 0.3 is 18.3 Å². The molecule has 26 heavy (non-hydrogen) atoms.